The topological polar surface area (TPSA) is 113 Å². The van der Waals surface area contributed by atoms with Crippen LogP contribution in [0, 0.1) is 0 Å². The van der Waals surface area contributed by atoms with Crippen molar-refractivity contribution < 1.29 is 31.1 Å². The van der Waals surface area contributed by atoms with Gasteiger partial charge < -0.3 is 9.72 Å². The molecule has 0 saturated carbocycles. The number of fused-ring (bicyclic) bond motifs is 3. The lowest BCUT2D eigenvalue weighted by Crippen LogP contribution is -2.41. The number of H-pyrrole nitrogens is 1. The molecule has 8 nitrogen and oxygen atoms in total. The Bertz CT molecular complexity index is 1720. The van der Waals surface area contributed by atoms with E-state index in [2.05, 4.69) is 20.1 Å². The van der Waals surface area contributed by atoms with Crippen LogP contribution in [0.15, 0.2) is 89.8 Å². The molecular weight excluding hydrogens is 509 g/mol. The third-order valence-corrected chi connectivity index (χ3v) is 6.71. The number of rotatable bonds is 6. The van der Waals surface area contributed by atoms with E-state index in [1.165, 1.54) is 0 Å². The van der Waals surface area contributed by atoms with Crippen molar-refractivity contribution in [2.45, 2.75) is 11.3 Å². The maximum atomic E-state index is 13.0. The van der Waals surface area contributed by atoms with Crippen molar-refractivity contribution in [2.24, 2.45) is 0 Å². The van der Waals surface area contributed by atoms with Crippen molar-refractivity contribution in [1.82, 2.24) is 20.2 Å². The first-order chi connectivity index (χ1) is 17.6. The molecule has 5 aromatic rings. The molecule has 3 aromatic carbocycles. The molecule has 188 valence electrons. The fraction of sp³-hybridized carbons (Fsp3) is 0.0400. The number of sulfonamides is 1. The second-order valence-electron chi connectivity index (χ2n) is 7.89. The quantitative estimate of drug-likeness (QED) is 0.272. The number of nitrogens with zero attached hydrogens (tertiary/aromatic N) is 1. The summed E-state index contributed by atoms with van der Waals surface area (Å²) >= 11 is 0. The molecule has 0 aliphatic carbocycles. The van der Waals surface area contributed by atoms with Crippen LogP contribution in [-0.4, -0.2) is 30.7 Å². The number of hydrogen-bond acceptors (Lipinski definition) is 5. The molecule has 0 bridgehead atoms. The average Bonchev–Trinajstić information content (AvgIpc) is 3.25. The first-order valence-electron chi connectivity index (χ1n) is 10.8. The number of nitrogens with one attached hydrogen (secondary N) is 3. The number of alkyl halides is 3. The minimum absolute atomic E-state index is 0.0484. The van der Waals surface area contributed by atoms with Gasteiger partial charge in [0.15, 0.2) is 0 Å². The molecule has 37 heavy (non-hydrogen) atoms. The predicted molar refractivity (Wildman–Crippen MR) is 130 cm³/mol. The molecule has 0 spiro atoms. The van der Waals surface area contributed by atoms with Crippen LogP contribution < -0.4 is 15.0 Å². The molecular formula is C25H17F3N4O4S. The predicted octanol–water partition coefficient (Wildman–Crippen LogP) is 4.91. The number of hydrogen-bond donors (Lipinski definition) is 3. The summed E-state index contributed by atoms with van der Waals surface area (Å²) in [5.41, 5.74) is 4.87. The molecule has 0 aliphatic rings. The van der Waals surface area contributed by atoms with Crippen LogP contribution in [0.2, 0.25) is 0 Å². The maximum Gasteiger partial charge on any atom is 0.573 e. The number of carbonyl (C=O) groups excluding carboxylic acids is 1. The van der Waals surface area contributed by atoms with Crippen molar-refractivity contribution in [3.8, 4) is 17.0 Å². The molecule has 0 fully saturated rings. The van der Waals surface area contributed by atoms with Crippen molar-refractivity contribution in [1.29, 1.82) is 0 Å². The SMILES string of the molecule is O=C(NNS(=O)(=O)c1ccc(OC(F)(F)F)cc1)c1cc2c([nH]c3ccccc32)c(-c2ccccc2)n1. The summed E-state index contributed by atoms with van der Waals surface area (Å²) in [6.07, 6.45) is -4.91. The van der Waals surface area contributed by atoms with Gasteiger partial charge in [-0.15, -0.1) is 18.0 Å². The monoisotopic (exact) mass is 526 g/mol. The maximum absolute atomic E-state index is 13.0. The molecule has 2 aromatic heterocycles. The fourth-order valence-electron chi connectivity index (χ4n) is 3.82. The number of para-hydroxylation sites is 1. The highest BCUT2D eigenvalue weighted by Crippen LogP contribution is 2.32. The molecule has 0 radical (unpaired) electrons. The lowest BCUT2D eigenvalue weighted by Gasteiger charge is -2.11. The fourth-order valence-corrected chi connectivity index (χ4v) is 4.66. The number of amides is 1. The van der Waals surface area contributed by atoms with Gasteiger partial charge in [0.1, 0.15) is 11.4 Å². The van der Waals surface area contributed by atoms with E-state index in [0.717, 1.165) is 46.1 Å². The highest BCUT2D eigenvalue weighted by molar-refractivity contribution is 7.89. The van der Waals surface area contributed by atoms with Crippen molar-refractivity contribution >= 4 is 37.7 Å². The van der Waals surface area contributed by atoms with E-state index >= 15 is 0 Å². The minimum Gasteiger partial charge on any atom is -0.406 e. The molecule has 0 saturated heterocycles. The normalized spacial score (nSPS) is 12.1. The Morgan fingerprint density at radius 3 is 2.27 bits per heavy atom. The van der Waals surface area contributed by atoms with E-state index in [1.54, 1.807) is 6.07 Å². The van der Waals surface area contributed by atoms with E-state index in [0.29, 0.717) is 11.2 Å². The highest BCUT2D eigenvalue weighted by atomic mass is 32.2. The molecule has 0 atom stereocenters. The summed E-state index contributed by atoms with van der Waals surface area (Å²) in [5, 5.41) is 1.57. The van der Waals surface area contributed by atoms with Gasteiger partial charge >= 0.3 is 6.36 Å². The van der Waals surface area contributed by atoms with Crippen LogP contribution in [0.25, 0.3) is 33.1 Å². The molecule has 12 heteroatoms. The second-order valence-corrected chi connectivity index (χ2v) is 9.58. The van der Waals surface area contributed by atoms with Gasteiger partial charge in [-0.25, -0.2) is 13.4 Å². The van der Waals surface area contributed by atoms with Crippen LogP contribution in [0.3, 0.4) is 0 Å². The smallest absolute Gasteiger partial charge is 0.406 e. The lowest BCUT2D eigenvalue weighted by atomic mass is 10.1. The van der Waals surface area contributed by atoms with Gasteiger partial charge in [-0.3, -0.25) is 10.2 Å². The van der Waals surface area contributed by atoms with Crippen LogP contribution in [-0.2, 0) is 10.0 Å². The van der Waals surface area contributed by atoms with Gasteiger partial charge in [0.05, 0.1) is 16.1 Å². The number of benzene rings is 3. The Labute approximate surface area is 208 Å². The van der Waals surface area contributed by atoms with Crippen LogP contribution in [0.4, 0.5) is 13.2 Å². The Morgan fingerprint density at radius 1 is 0.892 bits per heavy atom. The summed E-state index contributed by atoms with van der Waals surface area (Å²) in [5.74, 6) is -1.41. The number of aromatic amines is 1. The van der Waals surface area contributed by atoms with Gasteiger partial charge in [0.25, 0.3) is 15.9 Å². The largest absolute Gasteiger partial charge is 0.573 e. The first-order valence-corrected chi connectivity index (χ1v) is 12.2. The van der Waals surface area contributed by atoms with Gasteiger partial charge in [-0.2, -0.15) is 0 Å². The van der Waals surface area contributed by atoms with E-state index in [9.17, 15) is 26.4 Å². The van der Waals surface area contributed by atoms with E-state index in [1.807, 2.05) is 59.4 Å². The summed E-state index contributed by atoms with van der Waals surface area (Å²) in [4.78, 5) is 22.3. The Morgan fingerprint density at radius 2 is 1.57 bits per heavy atom. The van der Waals surface area contributed by atoms with Gasteiger partial charge in [0.2, 0.25) is 0 Å². The van der Waals surface area contributed by atoms with E-state index in [-0.39, 0.29) is 10.6 Å². The Hall–Kier alpha value is -4.42. The molecule has 2 heterocycles. The zero-order chi connectivity index (χ0) is 26.2. The Kier molecular flexibility index (Phi) is 6.05. The molecule has 5 rings (SSSR count). The van der Waals surface area contributed by atoms with Crippen LogP contribution in [0.5, 0.6) is 5.75 Å². The third-order valence-electron chi connectivity index (χ3n) is 5.44. The zero-order valence-electron chi connectivity index (χ0n) is 18.7. The molecule has 0 unspecified atom stereocenters. The standard InChI is InChI=1S/C25H17F3N4O4S/c26-25(27,28)36-16-10-12-17(13-11-16)37(34,35)32-31-24(33)21-14-19-18-8-4-5-9-20(18)29-23(19)22(30-21)15-6-2-1-3-7-15/h1-14,29,32H,(H,31,33). The second kappa shape index (κ2) is 9.22. The van der Waals surface area contributed by atoms with Gasteiger partial charge in [0, 0.05) is 21.9 Å². The third kappa shape index (κ3) is 5.10. The minimum atomic E-state index is -4.91. The number of halogens is 3. The Balaban J connectivity index is 1.44. The number of hydrazine groups is 1. The van der Waals surface area contributed by atoms with E-state index in [4.69, 9.17) is 0 Å². The molecule has 1 amide bonds. The first kappa shape index (κ1) is 24.3. The van der Waals surface area contributed by atoms with E-state index < -0.39 is 28.0 Å². The van der Waals surface area contributed by atoms with Crippen molar-refractivity contribution in [3.05, 3.63) is 90.6 Å². The summed E-state index contributed by atoms with van der Waals surface area (Å²) in [6.45, 7) is 0. The number of ether oxygens (including phenoxy) is 1. The molecule has 0 aliphatic heterocycles. The summed E-state index contributed by atoms with van der Waals surface area (Å²) in [7, 11) is -4.31. The number of carbonyl (C=O) groups is 1. The molecule has 3 N–H and O–H groups in total. The van der Waals surface area contributed by atoms with Gasteiger partial charge in [-0.05, 0) is 36.4 Å². The number of aromatic nitrogens is 2. The van der Waals surface area contributed by atoms with Crippen LogP contribution in [0.1, 0.15) is 10.5 Å². The van der Waals surface area contributed by atoms with Crippen LogP contribution >= 0.6 is 0 Å². The van der Waals surface area contributed by atoms with Gasteiger partial charge in [-0.1, -0.05) is 48.5 Å². The lowest BCUT2D eigenvalue weighted by molar-refractivity contribution is -0.274. The number of pyridine rings is 1. The zero-order valence-corrected chi connectivity index (χ0v) is 19.5. The van der Waals surface area contributed by atoms with Crippen molar-refractivity contribution in [2.75, 3.05) is 0 Å². The van der Waals surface area contributed by atoms with Crippen molar-refractivity contribution in [3.63, 3.8) is 0 Å². The highest BCUT2D eigenvalue weighted by Gasteiger charge is 2.31. The summed E-state index contributed by atoms with van der Waals surface area (Å²) < 4.78 is 65.9. The summed E-state index contributed by atoms with van der Waals surface area (Å²) in [6, 6.07) is 21.8. The average molecular weight is 526 g/mol.